The van der Waals surface area contributed by atoms with Crippen molar-refractivity contribution < 1.29 is 9.90 Å². The Labute approximate surface area is 84.8 Å². The molecule has 0 rings (SSSR count). The van der Waals surface area contributed by atoms with Gasteiger partial charge in [0, 0.05) is 13.2 Å². The molecule has 0 saturated heterocycles. The molecule has 0 aromatic heterocycles. The van der Waals surface area contributed by atoms with Crippen molar-refractivity contribution in [2.24, 2.45) is 11.5 Å². The number of amides is 1. The van der Waals surface area contributed by atoms with E-state index in [0.29, 0.717) is 25.9 Å². The summed E-state index contributed by atoms with van der Waals surface area (Å²) in [5.74, 6) is -0.143. The Bertz CT molecular complexity index is 153. The van der Waals surface area contributed by atoms with Gasteiger partial charge >= 0.3 is 0 Å². The van der Waals surface area contributed by atoms with E-state index < -0.39 is 6.04 Å². The first-order valence-corrected chi connectivity index (χ1v) is 5.06. The summed E-state index contributed by atoms with van der Waals surface area (Å²) in [6.45, 7) is 1.21. The maximum atomic E-state index is 11.3. The number of nitrogens with two attached hydrogens (primary N) is 2. The third-order valence-corrected chi connectivity index (χ3v) is 1.94. The Hall–Kier alpha value is -0.650. The summed E-state index contributed by atoms with van der Waals surface area (Å²) in [4.78, 5) is 11.3. The van der Waals surface area contributed by atoms with Gasteiger partial charge in [0.15, 0.2) is 0 Å². The van der Waals surface area contributed by atoms with Gasteiger partial charge in [-0.05, 0) is 25.8 Å². The summed E-state index contributed by atoms with van der Waals surface area (Å²) < 4.78 is 0. The van der Waals surface area contributed by atoms with Crippen molar-refractivity contribution in [3.8, 4) is 0 Å². The summed E-state index contributed by atoms with van der Waals surface area (Å²) in [6, 6.07) is -0.444. The summed E-state index contributed by atoms with van der Waals surface area (Å²) in [5.41, 5.74) is 10.9. The molecule has 0 heterocycles. The molecule has 1 atom stereocenters. The minimum Gasteiger partial charge on any atom is -0.396 e. The number of hydrogen-bond donors (Lipinski definition) is 4. The van der Waals surface area contributed by atoms with Crippen LogP contribution in [0.25, 0.3) is 0 Å². The molecule has 14 heavy (non-hydrogen) atoms. The smallest absolute Gasteiger partial charge is 0.236 e. The van der Waals surface area contributed by atoms with Gasteiger partial charge in [0.05, 0.1) is 6.04 Å². The lowest BCUT2D eigenvalue weighted by molar-refractivity contribution is -0.122. The van der Waals surface area contributed by atoms with Crippen molar-refractivity contribution in [1.29, 1.82) is 0 Å². The number of aliphatic hydroxyl groups excluding tert-OH is 1. The number of carbonyl (C=O) groups is 1. The van der Waals surface area contributed by atoms with Crippen LogP contribution in [-0.4, -0.2) is 36.8 Å². The maximum absolute atomic E-state index is 11.3. The van der Waals surface area contributed by atoms with Gasteiger partial charge in [0.25, 0.3) is 0 Å². The molecule has 0 aliphatic heterocycles. The van der Waals surface area contributed by atoms with Gasteiger partial charge in [-0.15, -0.1) is 0 Å². The van der Waals surface area contributed by atoms with E-state index in [1.54, 1.807) is 0 Å². The highest BCUT2D eigenvalue weighted by molar-refractivity contribution is 5.81. The van der Waals surface area contributed by atoms with Gasteiger partial charge in [-0.1, -0.05) is 6.42 Å². The zero-order valence-corrected chi connectivity index (χ0v) is 8.54. The van der Waals surface area contributed by atoms with Gasteiger partial charge in [-0.25, -0.2) is 0 Å². The minimum atomic E-state index is -0.444. The molecule has 0 spiro atoms. The molecular formula is C9H21N3O2. The highest BCUT2D eigenvalue weighted by Crippen LogP contribution is 1.97. The third kappa shape index (κ3) is 6.82. The Morgan fingerprint density at radius 1 is 1.36 bits per heavy atom. The molecule has 6 N–H and O–H groups in total. The van der Waals surface area contributed by atoms with Crippen molar-refractivity contribution in [1.82, 2.24) is 5.32 Å². The van der Waals surface area contributed by atoms with Crippen LogP contribution in [0.15, 0.2) is 0 Å². The second-order valence-corrected chi connectivity index (χ2v) is 3.26. The second kappa shape index (κ2) is 8.93. The molecule has 5 nitrogen and oxygen atoms in total. The molecule has 0 bridgehead atoms. The Kier molecular flexibility index (Phi) is 8.51. The van der Waals surface area contributed by atoms with Gasteiger partial charge < -0.3 is 21.9 Å². The number of rotatable bonds is 8. The van der Waals surface area contributed by atoms with E-state index in [1.165, 1.54) is 0 Å². The lowest BCUT2D eigenvalue weighted by Gasteiger charge is -2.11. The summed E-state index contributed by atoms with van der Waals surface area (Å²) in [6.07, 6.45) is 3.02. The van der Waals surface area contributed by atoms with E-state index in [-0.39, 0.29) is 12.5 Å². The van der Waals surface area contributed by atoms with Crippen LogP contribution >= 0.6 is 0 Å². The van der Waals surface area contributed by atoms with Crippen molar-refractivity contribution >= 4 is 5.91 Å². The fourth-order valence-corrected chi connectivity index (χ4v) is 1.06. The maximum Gasteiger partial charge on any atom is 0.236 e. The first-order chi connectivity index (χ1) is 6.72. The van der Waals surface area contributed by atoms with Crippen LogP contribution in [-0.2, 0) is 4.79 Å². The minimum absolute atomic E-state index is 0.0860. The first-order valence-electron chi connectivity index (χ1n) is 5.06. The van der Waals surface area contributed by atoms with Crippen LogP contribution in [0.4, 0.5) is 0 Å². The van der Waals surface area contributed by atoms with E-state index in [0.717, 1.165) is 12.8 Å². The molecule has 0 aromatic carbocycles. The van der Waals surface area contributed by atoms with Gasteiger partial charge in [-0.2, -0.15) is 0 Å². The predicted octanol–water partition coefficient (Wildman–Crippen LogP) is -1.06. The fourth-order valence-electron chi connectivity index (χ4n) is 1.06. The molecule has 0 saturated carbocycles. The molecule has 0 aliphatic rings. The Balaban J connectivity index is 3.44. The Morgan fingerprint density at radius 2 is 2.07 bits per heavy atom. The molecule has 0 aromatic rings. The molecule has 0 fully saturated rings. The average molecular weight is 203 g/mol. The number of carbonyl (C=O) groups excluding carboxylic acids is 1. The number of aliphatic hydroxyl groups is 1. The second-order valence-electron chi connectivity index (χ2n) is 3.26. The van der Waals surface area contributed by atoms with Crippen LogP contribution in [0.5, 0.6) is 0 Å². The quantitative estimate of drug-likeness (QED) is 0.378. The lowest BCUT2D eigenvalue weighted by atomic mass is 10.1. The number of unbranched alkanes of at least 4 members (excludes halogenated alkanes) is 1. The molecule has 0 unspecified atom stereocenters. The van der Waals surface area contributed by atoms with E-state index in [2.05, 4.69) is 5.32 Å². The molecule has 84 valence electrons. The summed E-state index contributed by atoms with van der Waals surface area (Å²) in [7, 11) is 0. The lowest BCUT2D eigenvalue weighted by Crippen LogP contribution is -2.41. The fraction of sp³-hybridized carbons (Fsp3) is 0.889. The van der Waals surface area contributed by atoms with Crippen molar-refractivity contribution in [2.75, 3.05) is 19.7 Å². The van der Waals surface area contributed by atoms with Crippen molar-refractivity contribution in [3.05, 3.63) is 0 Å². The zero-order chi connectivity index (χ0) is 10.8. The Morgan fingerprint density at radius 3 is 2.64 bits per heavy atom. The highest BCUT2D eigenvalue weighted by atomic mass is 16.3. The predicted molar refractivity (Wildman–Crippen MR) is 55.6 cm³/mol. The largest absolute Gasteiger partial charge is 0.396 e. The van der Waals surface area contributed by atoms with Gasteiger partial charge in [-0.3, -0.25) is 4.79 Å². The summed E-state index contributed by atoms with van der Waals surface area (Å²) in [5, 5.41) is 11.1. The van der Waals surface area contributed by atoms with Crippen LogP contribution in [0, 0.1) is 0 Å². The van der Waals surface area contributed by atoms with E-state index in [9.17, 15) is 4.79 Å². The van der Waals surface area contributed by atoms with Crippen LogP contribution < -0.4 is 16.8 Å². The van der Waals surface area contributed by atoms with Gasteiger partial charge in [0.2, 0.25) is 5.91 Å². The molecular weight excluding hydrogens is 182 g/mol. The normalized spacial score (nSPS) is 12.5. The van der Waals surface area contributed by atoms with Gasteiger partial charge in [0.1, 0.15) is 0 Å². The van der Waals surface area contributed by atoms with E-state index in [1.807, 2.05) is 0 Å². The van der Waals surface area contributed by atoms with Crippen LogP contribution in [0.2, 0.25) is 0 Å². The molecule has 1 amide bonds. The summed E-state index contributed by atoms with van der Waals surface area (Å²) >= 11 is 0. The SMILES string of the molecule is NCCCC[C@H](N)C(=O)NCCCO. The standard InChI is InChI=1S/C9H21N3O2/c10-5-2-1-4-8(11)9(14)12-6-3-7-13/h8,13H,1-7,10-11H2,(H,12,14)/t8-/m0/s1. The zero-order valence-electron chi connectivity index (χ0n) is 8.54. The highest BCUT2D eigenvalue weighted by Gasteiger charge is 2.11. The van der Waals surface area contributed by atoms with Crippen molar-refractivity contribution in [3.63, 3.8) is 0 Å². The number of nitrogens with one attached hydrogen (secondary N) is 1. The monoisotopic (exact) mass is 203 g/mol. The van der Waals surface area contributed by atoms with E-state index in [4.69, 9.17) is 16.6 Å². The average Bonchev–Trinajstić information content (AvgIpc) is 2.18. The van der Waals surface area contributed by atoms with Crippen molar-refractivity contribution in [2.45, 2.75) is 31.7 Å². The molecule has 5 heteroatoms. The third-order valence-electron chi connectivity index (χ3n) is 1.94. The first kappa shape index (κ1) is 13.4. The van der Waals surface area contributed by atoms with Crippen LogP contribution in [0.1, 0.15) is 25.7 Å². The van der Waals surface area contributed by atoms with E-state index >= 15 is 0 Å². The molecule has 0 radical (unpaired) electrons. The number of hydrogen-bond acceptors (Lipinski definition) is 4. The topological polar surface area (TPSA) is 101 Å². The molecule has 0 aliphatic carbocycles. The van der Waals surface area contributed by atoms with Crippen LogP contribution in [0.3, 0.4) is 0 Å².